The number of nitrogens with two attached hydrogens (primary N) is 1. The van der Waals surface area contributed by atoms with Crippen LogP contribution in [0.3, 0.4) is 0 Å². The highest BCUT2D eigenvalue weighted by Gasteiger charge is 2.36. The van der Waals surface area contributed by atoms with Crippen LogP contribution in [0, 0.1) is 5.92 Å². The van der Waals surface area contributed by atoms with Crippen molar-refractivity contribution >= 4 is 18.3 Å². The van der Waals surface area contributed by atoms with Gasteiger partial charge in [0.05, 0.1) is 13.0 Å². The molecule has 1 amide bonds. The first-order valence-corrected chi connectivity index (χ1v) is 8.81. The number of carbonyl (C=O) groups excluding carboxylic acids is 1. The molecule has 0 bridgehead atoms. The Morgan fingerprint density at radius 2 is 1.81 bits per heavy atom. The normalized spacial score (nSPS) is 20.3. The number of methoxy groups -OCH3 is 1. The summed E-state index contributed by atoms with van der Waals surface area (Å²) in [5, 5.41) is 0. The van der Waals surface area contributed by atoms with E-state index >= 15 is 0 Å². The molecule has 3 rings (SSSR count). The monoisotopic (exact) mass is 374 g/mol. The fraction of sp³-hybridized carbons (Fsp3) is 0.381. The van der Waals surface area contributed by atoms with Gasteiger partial charge in [-0.25, -0.2) is 0 Å². The van der Waals surface area contributed by atoms with E-state index in [-0.39, 0.29) is 24.2 Å². The zero-order chi connectivity index (χ0) is 17.8. The van der Waals surface area contributed by atoms with Crippen molar-refractivity contribution in [1.29, 1.82) is 0 Å². The van der Waals surface area contributed by atoms with Crippen molar-refractivity contribution in [1.82, 2.24) is 4.90 Å². The van der Waals surface area contributed by atoms with Gasteiger partial charge in [-0.1, -0.05) is 42.5 Å². The molecule has 2 aromatic rings. The fourth-order valence-corrected chi connectivity index (χ4v) is 3.68. The van der Waals surface area contributed by atoms with E-state index < -0.39 is 0 Å². The molecule has 1 aliphatic heterocycles. The van der Waals surface area contributed by atoms with Crippen LogP contribution < -0.4 is 10.5 Å². The minimum atomic E-state index is -0.168. The molecule has 0 aromatic heterocycles. The van der Waals surface area contributed by atoms with Crippen molar-refractivity contribution in [3.63, 3.8) is 0 Å². The van der Waals surface area contributed by atoms with Crippen LogP contribution in [0.25, 0.3) is 0 Å². The molecule has 1 unspecified atom stereocenters. The Morgan fingerprint density at radius 3 is 2.38 bits per heavy atom. The number of hydrogen-bond donors (Lipinski definition) is 1. The summed E-state index contributed by atoms with van der Waals surface area (Å²) in [6.07, 6.45) is 0. The second-order valence-electron chi connectivity index (χ2n) is 6.75. The van der Waals surface area contributed by atoms with Crippen LogP contribution in [-0.2, 0) is 4.79 Å². The third-order valence-electron chi connectivity index (χ3n) is 5.27. The van der Waals surface area contributed by atoms with E-state index in [4.69, 9.17) is 10.5 Å². The molecule has 0 spiro atoms. The summed E-state index contributed by atoms with van der Waals surface area (Å²) in [7, 11) is 1.64. The zero-order valence-electron chi connectivity index (χ0n) is 15.3. The minimum Gasteiger partial charge on any atom is -0.497 e. The largest absolute Gasteiger partial charge is 0.497 e. The molecule has 2 N–H and O–H groups in total. The van der Waals surface area contributed by atoms with Crippen molar-refractivity contribution in [3.05, 3.63) is 65.7 Å². The lowest BCUT2D eigenvalue weighted by Crippen LogP contribution is -2.33. The van der Waals surface area contributed by atoms with Crippen molar-refractivity contribution < 1.29 is 9.53 Å². The van der Waals surface area contributed by atoms with Gasteiger partial charge in [-0.3, -0.25) is 4.79 Å². The minimum absolute atomic E-state index is 0. The number of carbonyl (C=O) groups is 1. The van der Waals surface area contributed by atoms with Crippen molar-refractivity contribution in [2.45, 2.75) is 18.8 Å². The molecule has 3 atom stereocenters. The van der Waals surface area contributed by atoms with Crippen molar-refractivity contribution in [2.24, 2.45) is 11.7 Å². The van der Waals surface area contributed by atoms with Crippen LogP contribution in [-0.4, -0.2) is 37.6 Å². The number of hydrogen-bond acceptors (Lipinski definition) is 3. The lowest BCUT2D eigenvalue weighted by atomic mass is 9.89. The van der Waals surface area contributed by atoms with Crippen molar-refractivity contribution in [3.8, 4) is 5.75 Å². The topological polar surface area (TPSA) is 55.6 Å². The lowest BCUT2D eigenvalue weighted by molar-refractivity contribution is -0.131. The highest BCUT2D eigenvalue weighted by Crippen LogP contribution is 2.34. The maximum absolute atomic E-state index is 13.0. The van der Waals surface area contributed by atoms with Gasteiger partial charge < -0.3 is 15.4 Å². The number of ether oxygens (including phenoxy) is 1. The summed E-state index contributed by atoms with van der Waals surface area (Å²) in [6, 6.07) is 18.1. The molecule has 1 fully saturated rings. The number of halogens is 1. The third kappa shape index (κ3) is 4.19. The highest BCUT2D eigenvalue weighted by atomic mass is 35.5. The van der Waals surface area contributed by atoms with Gasteiger partial charge >= 0.3 is 0 Å². The van der Waals surface area contributed by atoms with E-state index in [0.717, 1.165) is 24.4 Å². The first-order valence-electron chi connectivity index (χ1n) is 8.81. The molecule has 1 saturated heterocycles. The molecule has 5 heteroatoms. The Morgan fingerprint density at radius 1 is 1.15 bits per heavy atom. The van der Waals surface area contributed by atoms with E-state index in [0.29, 0.717) is 18.4 Å². The molecule has 26 heavy (non-hydrogen) atoms. The van der Waals surface area contributed by atoms with Gasteiger partial charge in [-0.15, -0.1) is 12.4 Å². The van der Waals surface area contributed by atoms with Gasteiger partial charge in [0.2, 0.25) is 5.91 Å². The Labute approximate surface area is 161 Å². The van der Waals surface area contributed by atoms with Gasteiger partial charge in [-0.05, 0) is 42.6 Å². The number of rotatable bonds is 5. The molecular weight excluding hydrogens is 348 g/mol. The molecule has 140 valence electrons. The summed E-state index contributed by atoms with van der Waals surface area (Å²) in [5.74, 6) is 1.44. The summed E-state index contributed by atoms with van der Waals surface area (Å²) < 4.78 is 5.19. The van der Waals surface area contributed by atoms with E-state index in [2.05, 4.69) is 12.1 Å². The second kappa shape index (κ2) is 9.06. The first-order chi connectivity index (χ1) is 12.1. The van der Waals surface area contributed by atoms with E-state index in [1.807, 2.05) is 54.3 Å². The maximum Gasteiger partial charge on any atom is 0.229 e. The average molecular weight is 375 g/mol. The van der Waals surface area contributed by atoms with Gasteiger partial charge in [0.25, 0.3) is 0 Å². The summed E-state index contributed by atoms with van der Waals surface area (Å²) >= 11 is 0. The average Bonchev–Trinajstić information content (AvgIpc) is 3.12. The summed E-state index contributed by atoms with van der Waals surface area (Å²) in [5.41, 5.74) is 8.27. The van der Waals surface area contributed by atoms with Gasteiger partial charge in [0, 0.05) is 19.0 Å². The van der Waals surface area contributed by atoms with Crippen LogP contribution in [0.5, 0.6) is 5.75 Å². The van der Waals surface area contributed by atoms with E-state index in [1.165, 1.54) is 5.56 Å². The zero-order valence-corrected chi connectivity index (χ0v) is 16.1. The fourth-order valence-electron chi connectivity index (χ4n) is 3.68. The van der Waals surface area contributed by atoms with Crippen LogP contribution >= 0.6 is 12.4 Å². The van der Waals surface area contributed by atoms with Gasteiger partial charge in [0.15, 0.2) is 0 Å². The standard InChI is InChI=1S/C21H26N2O2.ClH/c1-15(16-8-10-19(25-2)11-9-16)21(24)23-13-18(12-22)20(14-23)17-6-4-3-5-7-17;/h3-11,15,18,20H,12-14,22H2,1-2H3;1H/t15?,18-,20+;/m1./s1. The molecule has 0 aliphatic carbocycles. The third-order valence-corrected chi connectivity index (χ3v) is 5.27. The Kier molecular flexibility index (Phi) is 7.06. The molecule has 4 nitrogen and oxygen atoms in total. The lowest BCUT2D eigenvalue weighted by Gasteiger charge is -2.21. The highest BCUT2D eigenvalue weighted by molar-refractivity contribution is 5.85. The van der Waals surface area contributed by atoms with Gasteiger partial charge in [-0.2, -0.15) is 0 Å². The number of nitrogens with zero attached hydrogens (tertiary/aromatic N) is 1. The molecule has 2 aromatic carbocycles. The number of likely N-dealkylation sites (tertiary alicyclic amines) is 1. The smallest absolute Gasteiger partial charge is 0.229 e. The van der Waals surface area contributed by atoms with E-state index in [9.17, 15) is 4.79 Å². The predicted octanol–water partition coefficient (Wildman–Crippen LogP) is 3.42. The maximum atomic E-state index is 13.0. The molecule has 0 saturated carbocycles. The second-order valence-corrected chi connectivity index (χ2v) is 6.75. The molecule has 1 aliphatic rings. The Hall–Kier alpha value is -2.04. The number of amides is 1. The van der Waals surface area contributed by atoms with Crippen LogP contribution in [0.4, 0.5) is 0 Å². The van der Waals surface area contributed by atoms with Crippen LogP contribution in [0.15, 0.2) is 54.6 Å². The SMILES string of the molecule is COc1ccc(C(C)C(=O)N2C[C@@H](CN)[C@H](c3ccccc3)C2)cc1.Cl. The summed E-state index contributed by atoms with van der Waals surface area (Å²) in [6.45, 7) is 4.04. The molecular formula is C21H27ClN2O2. The van der Waals surface area contributed by atoms with E-state index in [1.54, 1.807) is 7.11 Å². The first kappa shape index (κ1) is 20.3. The Bertz CT molecular complexity index is 706. The summed E-state index contributed by atoms with van der Waals surface area (Å²) in [4.78, 5) is 15.0. The predicted molar refractivity (Wildman–Crippen MR) is 107 cm³/mol. The van der Waals surface area contributed by atoms with Gasteiger partial charge in [0.1, 0.15) is 5.75 Å². The quantitative estimate of drug-likeness (QED) is 0.872. The van der Waals surface area contributed by atoms with Crippen molar-refractivity contribution in [2.75, 3.05) is 26.7 Å². The molecule has 1 heterocycles. The Balaban J connectivity index is 0.00000243. The van der Waals surface area contributed by atoms with Crippen LogP contribution in [0.1, 0.15) is 29.9 Å². The molecule has 0 radical (unpaired) electrons. The van der Waals surface area contributed by atoms with Crippen LogP contribution in [0.2, 0.25) is 0 Å². The number of benzene rings is 2.